The molecule has 0 saturated heterocycles. The van der Waals surface area contributed by atoms with E-state index in [2.05, 4.69) is 24.4 Å². The maximum absolute atomic E-state index is 12.0. The van der Waals surface area contributed by atoms with Gasteiger partial charge in [-0.05, 0) is 23.6 Å². The van der Waals surface area contributed by atoms with Gasteiger partial charge in [-0.15, -0.1) is 0 Å². The zero-order valence-electron chi connectivity index (χ0n) is 13.5. The second-order valence-corrected chi connectivity index (χ2v) is 5.45. The molecule has 0 radical (unpaired) electrons. The standard InChI is InChI=1S/C19H20N2O3/c1-2-16(17-8-4-3-5-9-17)14-20-19(22)12-11-15-7-6-10-18(13-15)21(23)24/h3-13,16H,2,14H2,1H3,(H,20,22)/b12-11+. The highest BCUT2D eigenvalue weighted by molar-refractivity contribution is 5.91. The van der Waals surface area contributed by atoms with Gasteiger partial charge in [0.15, 0.2) is 0 Å². The van der Waals surface area contributed by atoms with E-state index in [9.17, 15) is 14.9 Å². The lowest BCUT2D eigenvalue weighted by molar-refractivity contribution is -0.384. The molecular formula is C19H20N2O3. The highest BCUT2D eigenvalue weighted by atomic mass is 16.6. The van der Waals surface area contributed by atoms with E-state index in [1.807, 2.05) is 18.2 Å². The fourth-order valence-electron chi connectivity index (χ4n) is 2.42. The monoisotopic (exact) mass is 324 g/mol. The third-order valence-corrected chi connectivity index (χ3v) is 3.79. The van der Waals surface area contributed by atoms with E-state index in [0.29, 0.717) is 12.1 Å². The van der Waals surface area contributed by atoms with Crippen molar-refractivity contribution in [2.75, 3.05) is 6.54 Å². The number of non-ortho nitro benzene ring substituents is 1. The van der Waals surface area contributed by atoms with Gasteiger partial charge in [0, 0.05) is 30.7 Å². The second kappa shape index (κ2) is 8.62. The summed E-state index contributed by atoms with van der Waals surface area (Å²) in [4.78, 5) is 22.2. The van der Waals surface area contributed by atoms with Crippen molar-refractivity contribution in [3.63, 3.8) is 0 Å². The fourth-order valence-corrected chi connectivity index (χ4v) is 2.42. The molecule has 24 heavy (non-hydrogen) atoms. The van der Waals surface area contributed by atoms with Crippen molar-refractivity contribution < 1.29 is 9.72 Å². The number of carbonyl (C=O) groups is 1. The Balaban J connectivity index is 1.93. The van der Waals surface area contributed by atoms with Crippen LogP contribution in [0, 0.1) is 10.1 Å². The number of hydrogen-bond acceptors (Lipinski definition) is 3. The number of rotatable bonds is 7. The molecule has 0 fully saturated rings. The van der Waals surface area contributed by atoms with Gasteiger partial charge in [-0.3, -0.25) is 14.9 Å². The smallest absolute Gasteiger partial charge is 0.270 e. The summed E-state index contributed by atoms with van der Waals surface area (Å²) in [6, 6.07) is 16.2. The molecule has 2 aromatic rings. The molecule has 0 aromatic heterocycles. The molecule has 2 aromatic carbocycles. The summed E-state index contributed by atoms with van der Waals surface area (Å²) in [6.45, 7) is 2.64. The highest BCUT2D eigenvalue weighted by Gasteiger charge is 2.09. The van der Waals surface area contributed by atoms with E-state index in [0.717, 1.165) is 6.42 Å². The van der Waals surface area contributed by atoms with Gasteiger partial charge >= 0.3 is 0 Å². The fraction of sp³-hybridized carbons (Fsp3) is 0.211. The zero-order valence-corrected chi connectivity index (χ0v) is 13.5. The molecule has 0 heterocycles. The first kappa shape index (κ1) is 17.4. The van der Waals surface area contributed by atoms with Gasteiger partial charge in [0.25, 0.3) is 5.69 Å². The van der Waals surface area contributed by atoms with Crippen molar-refractivity contribution in [3.05, 3.63) is 81.9 Å². The molecule has 0 saturated carbocycles. The molecule has 5 nitrogen and oxygen atoms in total. The van der Waals surface area contributed by atoms with Crippen LogP contribution in [0.3, 0.4) is 0 Å². The van der Waals surface area contributed by atoms with E-state index >= 15 is 0 Å². The van der Waals surface area contributed by atoms with Crippen LogP contribution in [0.4, 0.5) is 5.69 Å². The number of nitro benzene ring substituents is 1. The van der Waals surface area contributed by atoms with Crippen LogP contribution in [-0.4, -0.2) is 17.4 Å². The van der Waals surface area contributed by atoms with Crippen LogP contribution in [0.5, 0.6) is 0 Å². The number of hydrogen-bond donors (Lipinski definition) is 1. The first-order valence-electron chi connectivity index (χ1n) is 7.85. The molecule has 1 unspecified atom stereocenters. The number of amides is 1. The predicted molar refractivity (Wildman–Crippen MR) is 94.6 cm³/mol. The summed E-state index contributed by atoms with van der Waals surface area (Å²) in [5.41, 5.74) is 1.82. The molecule has 2 rings (SSSR count). The van der Waals surface area contributed by atoms with Gasteiger partial charge < -0.3 is 5.32 Å². The maximum atomic E-state index is 12.0. The Labute approximate surface area is 141 Å². The Morgan fingerprint density at radius 1 is 1.21 bits per heavy atom. The van der Waals surface area contributed by atoms with E-state index in [4.69, 9.17) is 0 Å². The first-order chi connectivity index (χ1) is 11.6. The number of carbonyl (C=O) groups excluding carboxylic acids is 1. The summed E-state index contributed by atoms with van der Waals surface area (Å²) in [7, 11) is 0. The number of nitrogens with one attached hydrogen (secondary N) is 1. The van der Waals surface area contributed by atoms with Crippen molar-refractivity contribution in [1.82, 2.24) is 5.32 Å². The summed E-state index contributed by atoms with van der Waals surface area (Å²) >= 11 is 0. The molecule has 1 atom stereocenters. The minimum absolute atomic E-state index is 0.00711. The Bertz CT molecular complexity index is 726. The first-order valence-corrected chi connectivity index (χ1v) is 7.85. The van der Waals surface area contributed by atoms with Crippen molar-refractivity contribution in [2.24, 2.45) is 0 Å². The van der Waals surface area contributed by atoms with Crippen LogP contribution in [0.1, 0.15) is 30.4 Å². The number of benzene rings is 2. The van der Waals surface area contributed by atoms with Crippen LogP contribution in [-0.2, 0) is 4.79 Å². The van der Waals surface area contributed by atoms with Gasteiger partial charge in [-0.2, -0.15) is 0 Å². The molecule has 0 aliphatic rings. The Morgan fingerprint density at radius 3 is 2.62 bits per heavy atom. The van der Waals surface area contributed by atoms with E-state index in [-0.39, 0.29) is 17.5 Å². The van der Waals surface area contributed by atoms with Gasteiger partial charge in [-0.1, -0.05) is 49.4 Å². The average molecular weight is 324 g/mol. The largest absolute Gasteiger partial charge is 0.352 e. The molecule has 0 aliphatic carbocycles. The minimum atomic E-state index is -0.455. The molecule has 5 heteroatoms. The quantitative estimate of drug-likeness (QED) is 0.476. The van der Waals surface area contributed by atoms with Crippen molar-refractivity contribution in [2.45, 2.75) is 19.3 Å². The predicted octanol–water partition coefficient (Wildman–Crippen LogP) is 3.92. The van der Waals surface area contributed by atoms with Crippen molar-refractivity contribution in [3.8, 4) is 0 Å². The number of nitrogens with zero attached hydrogens (tertiary/aromatic N) is 1. The van der Waals surface area contributed by atoms with Gasteiger partial charge in [0.2, 0.25) is 5.91 Å². The van der Waals surface area contributed by atoms with Crippen LogP contribution >= 0.6 is 0 Å². The third kappa shape index (κ3) is 5.05. The van der Waals surface area contributed by atoms with Crippen molar-refractivity contribution >= 4 is 17.7 Å². The second-order valence-electron chi connectivity index (χ2n) is 5.45. The minimum Gasteiger partial charge on any atom is -0.352 e. The lowest BCUT2D eigenvalue weighted by atomic mass is 9.96. The lowest BCUT2D eigenvalue weighted by Crippen LogP contribution is -2.26. The lowest BCUT2D eigenvalue weighted by Gasteiger charge is -2.15. The molecule has 0 aliphatic heterocycles. The molecule has 1 amide bonds. The summed E-state index contributed by atoms with van der Waals surface area (Å²) in [5.74, 6) is 0.0530. The number of nitro groups is 1. The average Bonchev–Trinajstić information content (AvgIpc) is 2.61. The maximum Gasteiger partial charge on any atom is 0.270 e. The Kier molecular flexibility index (Phi) is 6.25. The van der Waals surface area contributed by atoms with Crippen LogP contribution in [0.25, 0.3) is 6.08 Å². The Morgan fingerprint density at radius 2 is 1.96 bits per heavy atom. The van der Waals surface area contributed by atoms with Gasteiger partial charge in [0.1, 0.15) is 0 Å². The van der Waals surface area contributed by atoms with Crippen LogP contribution < -0.4 is 5.32 Å². The Hall–Kier alpha value is -2.95. The summed E-state index contributed by atoms with van der Waals surface area (Å²) in [5, 5.41) is 13.6. The zero-order chi connectivity index (χ0) is 17.4. The van der Waals surface area contributed by atoms with Gasteiger partial charge in [-0.25, -0.2) is 0 Å². The van der Waals surface area contributed by atoms with Crippen LogP contribution in [0.15, 0.2) is 60.7 Å². The van der Waals surface area contributed by atoms with E-state index < -0.39 is 4.92 Å². The van der Waals surface area contributed by atoms with Gasteiger partial charge in [0.05, 0.1) is 4.92 Å². The molecular weight excluding hydrogens is 304 g/mol. The summed E-state index contributed by atoms with van der Waals surface area (Å²) < 4.78 is 0. The molecule has 1 N–H and O–H groups in total. The molecule has 0 spiro atoms. The van der Waals surface area contributed by atoms with E-state index in [1.54, 1.807) is 18.2 Å². The van der Waals surface area contributed by atoms with E-state index in [1.165, 1.54) is 23.8 Å². The normalized spacial score (nSPS) is 12.0. The highest BCUT2D eigenvalue weighted by Crippen LogP contribution is 2.18. The topological polar surface area (TPSA) is 72.2 Å². The molecule has 124 valence electrons. The third-order valence-electron chi connectivity index (χ3n) is 3.79. The van der Waals surface area contributed by atoms with Crippen LogP contribution in [0.2, 0.25) is 0 Å². The summed E-state index contributed by atoms with van der Waals surface area (Å²) in [6.07, 6.45) is 3.90. The molecule has 0 bridgehead atoms. The van der Waals surface area contributed by atoms with Crippen molar-refractivity contribution in [1.29, 1.82) is 0 Å². The SMILES string of the molecule is CCC(CNC(=O)/C=C/c1cccc([N+](=O)[O-])c1)c1ccccc1.